The van der Waals surface area contributed by atoms with Gasteiger partial charge in [-0.15, -0.1) is 0 Å². The van der Waals surface area contributed by atoms with E-state index in [0.717, 1.165) is 66.8 Å². The number of para-hydroxylation sites is 2. The highest BCUT2D eigenvalue weighted by atomic mass is 16.3. The molecule has 3 nitrogen and oxygen atoms in total. The molecule has 3 heteroatoms. The first kappa shape index (κ1) is 34.3. The first-order valence-electron chi connectivity index (χ1n) is 20.7. The van der Waals surface area contributed by atoms with E-state index in [2.05, 4.69) is 212 Å². The van der Waals surface area contributed by atoms with Crippen LogP contribution in [0.1, 0.15) is 30.0 Å². The molecule has 0 saturated carbocycles. The number of benzene rings is 9. The van der Waals surface area contributed by atoms with E-state index in [1.165, 1.54) is 54.6 Å². The van der Waals surface area contributed by atoms with Gasteiger partial charge in [-0.2, -0.15) is 0 Å². The quantitative estimate of drug-likeness (QED) is 0.172. The van der Waals surface area contributed by atoms with Crippen LogP contribution in [0.15, 0.2) is 215 Å². The zero-order valence-electron chi connectivity index (χ0n) is 33.1. The van der Waals surface area contributed by atoms with Crippen LogP contribution in [0.3, 0.4) is 0 Å². The molecule has 11 aromatic rings. The van der Waals surface area contributed by atoms with Crippen molar-refractivity contribution in [2.24, 2.45) is 4.99 Å². The highest BCUT2D eigenvalue weighted by Crippen LogP contribution is 2.42. The van der Waals surface area contributed by atoms with Crippen molar-refractivity contribution in [1.82, 2.24) is 4.57 Å². The van der Waals surface area contributed by atoms with Crippen LogP contribution in [-0.2, 0) is 0 Å². The van der Waals surface area contributed by atoms with Crippen molar-refractivity contribution >= 4 is 82.3 Å². The van der Waals surface area contributed by atoms with Gasteiger partial charge in [0, 0.05) is 45.2 Å². The molecule has 0 aliphatic carbocycles. The Kier molecular flexibility index (Phi) is 7.82. The van der Waals surface area contributed by atoms with Crippen LogP contribution in [0.2, 0.25) is 0 Å². The maximum absolute atomic E-state index is 6.78. The Hall–Kier alpha value is -7.75. The summed E-state index contributed by atoms with van der Waals surface area (Å²) in [6, 6.07) is 69.8. The zero-order valence-corrected chi connectivity index (χ0v) is 33.1. The predicted molar refractivity (Wildman–Crippen MR) is 253 cm³/mol. The summed E-state index contributed by atoms with van der Waals surface area (Å²) in [6.07, 6.45) is 3.03. The molecule has 12 rings (SSSR count). The summed E-state index contributed by atoms with van der Waals surface area (Å²) in [5, 5.41) is 9.51. The minimum atomic E-state index is 0.636. The lowest BCUT2D eigenvalue weighted by Crippen LogP contribution is -2.04. The fourth-order valence-electron chi connectivity index (χ4n) is 9.55. The number of allylic oxidation sites excluding steroid dienone is 3. The van der Waals surface area contributed by atoms with Crippen molar-refractivity contribution in [2.45, 2.75) is 13.3 Å². The molecule has 2 aromatic heterocycles. The number of aliphatic imine (C=N–C) groups is 1. The summed E-state index contributed by atoms with van der Waals surface area (Å²) in [6.45, 7) is 2.24. The van der Waals surface area contributed by atoms with Gasteiger partial charge in [0.05, 0.1) is 28.1 Å². The van der Waals surface area contributed by atoms with Crippen LogP contribution in [0.25, 0.3) is 93.4 Å². The monoisotopic (exact) mass is 766 g/mol. The van der Waals surface area contributed by atoms with Crippen LogP contribution in [0.5, 0.6) is 0 Å². The van der Waals surface area contributed by atoms with Crippen molar-refractivity contribution in [3.63, 3.8) is 0 Å². The van der Waals surface area contributed by atoms with Crippen molar-refractivity contribution in [1.29, 1.82) is 0 Å². The van der Waals surface area contributed by atoms with Crippen molar-refractivity contribution in [2.75, 3.05) is 0 Å². The smallest absolute Gasteiger partial charge is 0.138 e. The second-order valence-electron chi connectivity index (χ2n) is 15.9. The molecule has 0 fully saturated rings. The van der Waals surface area contributed by atoms with Gasteiger partial charge in [-0.05, 0) is 86.6 Å². The van der Waals surface area contributed by atoms with Crippen LogP contribution in [0, 0.1) is 0 Å². The Bertz CT molecular complexity index is 3610. The molecular weight excluding hydrogens is 729 g/mol. The molecule has 0 radical (unpaired) electrons. The van der Waals surface area contributed by atoms with E-state index in [9.17, 15) is 0 Å². The molecule has 0 bridgehead atoms. The number of aromatic nitrogens is 1. The molecule has 9 aromatic carbocycles. The molecule has 1 aliphatic heterocycles. The highest BCUT2D eigenvalue weighted by Gasteiger charge is 2.24. The summed E-state index contributed by atoms with van der Waals surface area (Å²) in [7, 11) is 0. The Morgan fingerprint density at radius 2 is 1.12 bits per heavy atom. The fourth-order valence-corrected chi connectivity index (χ4v) is 9.55. The lowest BCUT2D eigenvalue weighted by molar-refractivity contribution is 0.668. The van der Waals surface area contributed by atoms with E-state index in [1.54, 1.807) is 0 Å². The van der Waals surface area contributed by atoms with E-state index in [1.807, 2.05) is 0 Å². The van der Waals surface area contributed by atoms with Gasteiger partial charge in [0.15, 0.2) is 0 Å². The number of hydrogen-bond donors (Lipinski definition) is 0. The van der Waals surface area contributed by atoms with Crippen molar-refractivity contribution in [3.05, 3.63) is 222 Å². The van der Waals surface area contributed by atoms with E-state index in [4.69, 9.17) is 9.41 Å². The summed E-state index contributed by atoms with van der Waals surface area (Å²) in [5.41, 5.74) is 15.1. The highest BCUT2D eigenvalue weighted by molar-refractivity contribution is 6.22. The van der Waals surface area contributed by atoms with Crippen LogP contribution >= 0.6 is 0 Å². The molecule has 282 valence electrons. The maximum Gasteiger partial charge on any atom is 0.138 e. The molecule has 0 amide bonds. The van der Waals surface area contributed by atoms with Crippen LogP contribution in [0.4, 0.5) is 0 Å². The third kappa shape index (κ3) is 5.47. The van der Waals surface area contributed by atoms with E-state index >= 15 is 0 Å². The summed E-state index contributed by atoms with van der Waals surface area (Å²) < 4.78 is 9.19. The topological polar surface area (TPSA) is 30.4 Å². The first-order chi connectivity index (χ1) is 29.7. The SMILES string of the molecule is CC1=C(c2ccc(-c3ccccc3)cc2)N=C(c2cc(-n3c4ccccc4c4cc5ccccc5cc43)cc3oc4ccccc4c23)CC=C1c1cccc2ccccc12. The number of rotatable bonds is 5. The molecule has 3 heterocycles. The Morgan fingerprint density at radius 1 is 0.467 bits per heavy atom. The van der Waals surface area contributed by atoms with Gasteiger partial charge in [0.25, 0.3) is 0 Å². The molecule has 0 atom stereocenters. The molecular formula is C57H38N2O. The maximum atomic E-state index is 6.78. The van der Waals surface area contributed by atoms with E-state index in [0.29, 0.717) is 6.42 Å². The number of furan rings is 1. The largest absolute Gasteiger partial charge is 0.456 e. The Labute approximate surface area is 347 Å². The van der Waals surface area contributed by atoms with E-state index in [-0.39, 0.29) is 0 Å². The number of nitrogens with zero attached hydrogens (tertiary/aromatic N) is 2. The summed E-state index contributed by atoms with van der Waals surface area (Å²) >= 11 is 0. The van der Waals surface area contributed by atoms with Gasteiger partial charge in [-0.25, -0.2) is 0 Å². The first-order valence-corrected chi connectivity index (χ1v) is 20.7. The third-order valence-corrected chi connectivity index (χ3v) is 12.4. The van der Waals surface area contributed by atoms with Gasteiger partial charge in [0.2, 0.25) is 0 Å². The molecule has 0 saturated heterocycles. The standard InChI is InChI=1S/C57H38N2O/c1-36-44(46-23-13-19-39-16-7-8-20-45(39)46)30-31-51(58-57(36)40-28-26-38(27-29-40)37-14-3-2-4-15-37)50-34-43(35-55-56(50)48-22-10-12-25-54(48)60-55)59-52-24-11-9-21-47(52)49-32-41-17-5-6-18-42(41)33-53(49)59/h2-30,32-35H,31H2,1H3. The Morgan fingerprint density at radius 3 is 1.95 bits per heavy atom. The third-order valence-electron chi connectivity index (χ3n) is 12.4. The number of hydrogen-bond acceptors (Lipinski definition) is 2. The lowest BCUT2D eigenvalue weighted by atomic mass is 9.90. The van der Waals surface area contributed by atoms with Gasteiger partial charge in [0.1, 0.15) is 11.2 Å². The molecule has 0 unspecified atom stereocenters. The molecule has 60 heavy (non-hydrogen) atoms. The van der Waals surface area contributed by atoms with Crippen LogP contribution < -0.4 is 0 Å². The molecule has 0 spiro atoms. The second-order valence-corrected chi connectivity index (χ2v) is 15.9. The van der Waals surface area contributed by atoms with Gasteiger partial charge in [-0.3, -0.25) is 4.99 Å². The van der Waals surface area contributed by atoms with Crippen molar-refractivity contribution in [3.8, 4) is 16.8 Å². The average Bonchev–Trinajstić information content (AvgIpc) is 3.78. The lowest BCUT2D eigenvalue weighted by Gasteiger charge is -2.15. The van der Waals surface area contributed by atoms with Crippen molar-refractivity contribution < 1.29 is 4.42 Å². The predicted octanol–water partition coefficient (Wildman–Crippen LogP) is 15.4. The van der Waals surface area contributed by atoms with Gasteiger partial charge < -0.3 is 8.98 Å². The van der Waals surface area contributed by atoms with Crippen LogP contribution in [-0.4, -0.2) is 10.3 Å². The molecule has 1 aliphatic rings. The number of fused-ring (bicyclic) bond motifs is 8. The normalized spacial score (nSPS) is 13.5. The van der Waals surface area contributed by atoms with Gasteiger partial charge in [-0.1, -0.05) is 164 Å². The van der Waals surface area contributed by atoms with E-state index < -0.39 is 0 Å². The molecule has 0 N–H and O–H groups in total. The summed E-state index contributed by atoms with van der Waals surface area (Å²) in [4.78, 5) is 5.77. The zero-order chi connectivity index (χ0) is 39.7. The average molecular weight is 767 g/mol. The van der Waals surface area contributed by atoms with Gasteiger partial charge >= 0.3 is 0 Å². The Balaban J connectivity index is 1.13. The summed E-state index contributed by atoms with van der Waals surface area (Å²) in [5.74, 6) is 0. The fraction of sp³-hybridized carbons (Fsp3) is 0.0351. The minimum absolute atomic E-state index is 0.636. The second kappa shape index (κ2) is 13.7. The minimum Gasteiger partial charge on any atom is -0.456 e.